The molecular weight excluding hydrogens is 140 g/mol. The molecule has 0 unspecified atom stereocenters. The van der Waals surface area contributed by atoms with Gasteiger partial charge in [-0.2, -0.15) is 0 Å². The lowest BCUT2D eigenvalue weighted by atomic mass is 10.1. The van der Waals surface area contributed by atoms with Gasteiger partial charge in [0.1, 0.15) is 18.8 Å². The van der Waals surface area contributed by atoms with Crippen molar-refractivity contribution in [2.45, 2.75) is 18.0 Å². The smallest absolute Gasteiger partial charge is 0.222 e. The first-order valence-corrected chi connectivity index (χ1v) is 2.81. The molecular formula is C5H9O5. The Kier molecular flexibility index (Phi) is 1.93. The second-order valence-electron chi connectivity index (χ2n) is 2.20. The van der Waals surface area contributed by atoms with E-state index in [-0.39, 0.29) is 0 Å². The molecule has 0 amide bonds. The fraction of sp³-hybridized carbons (Fsp3) is 0.800. The molecule has 5 nitrogen and oxygen atoms in total. The molecule has 0 aromatic carbocycles. The summed E-state index contributed by atoms with van der Waals surface area (Å²) in [6.45, 7) is 0.249. The fourth-order valence-corrected chi connectivity index (χ4v) is 0.748. The Morgan fingerprint density at radius 3 is 2.30 bits per heavy atom. The Labute approximate surface area is 57.5 Å². The first-order chi connectivity index (χ1) is 4.58. The van der Waals surface area contributed by atoms with Crippen molar-refractivity contribution in [1.82, 2.24) is 0 Å². The van der Waals surface area contributed by atoms with Crippen molar-refractivity contribution >= 4 is 0 Å². The summed E-state index contributed by atoms with van der Waals surface area (Å²) in [4.78, 5) is 0. The van der Waals surface area contributed by atoms with Crippen molar-refractivity contribution < 1.29 is 25.2 Å². The lowest BCUT2D eigenvalue weighted by molar-refractivity contribution is -0.189. The first-order valence-electron chi connectivity index (χ1n) is 2.81. The van der Waals surface area contributed by atoms with Crippen molar-refractivity contribution in [1.29, 1.82) is 0 Å². The number of hydrogen-bond acceptors (Lipinski definition) is 5. The summed E-state index contributed by atoms with van der Waals surface area (Å²) >= 11 is 0. The number of rotatable bonds is 1. The first kappa shape index (κ1) is 7.90. The summed E-state index contributed by atoms with van der Waals surface area (Å²) in [5.74, 6) is -2.33. The zero-order valence-electron chi connectivity index (χ0n) is 5.14. The Bertz CT molecular complexity index is 123. The van der Waals surface area contributed by atoms with E-state index in [9.17, 15) is 0 Å². The van der Waals surface area contributed by atoms with Gasteiger partial charge in [0.2, 0.25) is 5.79 Å². The van der Waals surface area contributed by atoms with Gasteiger partial charge in [0.05, 0.1) is 6.61 Å². The second kappa shape index (κ2) is 2.44. The molecule has 0 aromatic heterocycles. The van der Waals surface area contributed by atoms with Crippen LogP contribution in [0.3, 0.4) is 0 Å². The molecule has 1 saturated heterocycles. The van der Waals surface area contributed by atoms with Gasteiger partial charge >= 0.3 is 0 Å². The second-order valence-corrected chi connectivity index (χ2v) is 2.20. The molecule has 1 radical (unpaired) electrons. The van der Waals surface area contributed by atoms with Crippen molar-refractivity contribution in [2.24, 2.45) is 0 Å². The molecule has 1 aliphatic rings. The summed E-state index contributed by atoms with van der Waals surface area (Å²) in [7, 11) is 0. The summed E-state index contributed by atoms with van der Waals surface area (Å²) in [6.07, 6.45) is -2.41. The van der Waals surface area contributed by atoms with Gasteiger partial charge < -0.3 is 25.2 Å². The number of aliphatic hydroxyl groups is 4. The average Bonchev–Trinajstić information content (AvgIpc) is 2.10. The normalized spacial score (nSPS) is 38.4. The molecule has 0 spiro atoms. The van der Waals surface area contributed by atoms with Crippen LogP contribution >= 0.6 is 0 Å². The van der Waals surface area contributed by atoms with Crippen molar-refractivity contribution in [3.63, 3.8) is 0 Å². The summed E-state index contributed by atoms with van der Waals surface area (Å²) in [5, 5.41) is 34.9. The monoisotopic (exact) mass is 149 g/mol. The van der Waals surface area contributed by atoms with Crippen LogP contribution in [0.5, 0.6) is 0 Å². The quantitative estimate of drug-likeness (QED) is 0.311. The van der Waals surface area contributed by atoms with Crippen LogP contribution in [0.1, 0.15) is 0 Å². The van der Waals surface area contributed by atoms with Crippen molar-refractivity contribution in [3.05, 3.63) is 6.61 Å². The van der Waals surface area contributed by atoms with E-state index in [4.69, 9.17) is 20.4 Å². The Morgan fingerprint density at radius 1 is 1.50 bits per heavy atom. The minimum atomic E-state index is -2.33. The van der Waals surface area contributed by atoms with E-state index in [1.165, 1.54) is 0 Å². The topological polar surface area (TPSA) is 90.2 Å². The summed E-state index contributed by atoms with van der Waals surface area (Å²) < 4.78 is 4.50. The maximum absolute atomic E-state index is 8.90. The van der Waals surface area contributed by atoms with Crippen LogP contribution in [0.2, 0.25) is 0 Å². The highest BCUT2D eigenvalue weighted by Crippen LogP contribution is 2.25. The van der Waals surface area contributed by atoms with Crippen LogP contribution in [0.25, 0.3) is 0 Å². The van der Waals surface area contributed by atoms with E-state index in [1.807, 2.05) is 0 Å². The van der Waals surface area contributed by atoms with Crippen LogP contribution in [-0.4, -0.2) is 45.0 Å². The van der Waals surface area contributed by atoms with Gasteiger partial charge in [-0.05, 0) is 0 Å². The maximum Gasteiger partial charge on any atom is 0.222 e. The molecule has 1 aliphatic heterocycles. The molecule has 2 atom stereocenters. The van der Waals surface area contributed by atoms with Gasteiger partial charge in [-0.3, -0.25) is 0 Å². The van der Waals surface area contributed by atoms with Crippen LogP contribution in [0.4, 0.5) is 0 Å². The molecule has 0 saturated carbocycles. The number of aliphatic hydroxyl groups excluding tert-OH is 2. The molecule has 1 heterocycles. The molecule has 0 bridgehead atoms. The van der Waals surface area contributed by atoms with Gasteiger partial charge in [0.15, 0.2) is 0 Å². The predicted octanol–water partition coefficient (Wildman–Crippen LogP) is -2.42. The minimum Gasteiger partial charge on any atom is -0.394 e. The molecule has 59 valence electrons. The average molecular weight is 149 g/mol. The predicted molar refractivity (Wildman–Crippen MR) is 29.4 cm³/mol. The third-order valence-electron chi connectivity index (χ3n) is 1.38. The zero-order chi connectivity index (χ0) is 7.78. The van der Waals surface area contributed by atoms with E-state index >= 15 is 0 Å². The van der Waals surface area contributed by atoms with E-state index in [0.717, 1.165) is 0 Å². The highest BCUT2D eigenvalue weighted by atomic mass is 16.6. The van der Waals surface area contributed by atoms with Crippen LogP contribution in [0, 0.1) is 6.61 Å². The van der Waals surface area contributed by atoms with E-state index < -0.39 is 24.6 Å². The van der Waals surface area contributed by atoms with E-state index in [2.05, 4.69) is 4.74 Å². The van der Waals surface area contributed by atoms with Gasteiger partial charge in [-0.15, -0.1) is 0 Å². The van der Waals surface area contributed by atoms with Gasteiger partial charge in [0, 0.05) is 0 Å². The van der Waals surface area contributed by atoms with Crippen molar-refractivity contribution in [3.8, 4) is 0 Å². The Morgan fingerprint density at radius 2 is 2.10 bits per heavy atom. The highest BCUT2D eigenvalue weighted by Gasteiger charge is 2.46. The standard InChI is InChI=1S/C5H9O5/c6-1-3-4(7)5(8,9)2-10-3/h2-4,6-9H,1H2/t3-,4-/m1/s1. The SMILES string of the molecule is OC[C@H]1O[CH]C(O)(O)[C@@H]1O. The van der Waals surface area contributed by atoms with Gasteiger partial charge in [-0.25, -0.2) is 0 Å². The Balaban J connectivity index is 2.58. The molecule has 0 aromatic rings. The third kappa shape index (κ3) is 1.14. The largest absolute Gasteiger partial charge is 0.394 e. The molecule has 1 fully saturated rings. The maximum atomic E-state index is 8.90. The van der Waals surface area contributed by atoms with Crippen molar-refractivity contribution in [2.75, 3.05) is 6.61 Å². The lowest BCUT2D eigenvalue weighted by Crippen LogP contribution is -2.43. The van der Waals surface area contributed by atoms with E-state index in [0.29, 0.717) is 6.61 Å². The third-order valence-corrected chi connectivity index (χ3v) is 1.38. The lowest BCUT2D eigenvalue weighted by Gasteiger charge is -2.18. The van der Waals surface area contributed by atoms with Gasteiger partial charge in [-0.1, -0.05) is 0 Å². The summed E-state index contributed by atoms with van der Waals surface area (Å²) in [6, 6.07) is 0. The zero-order valence-corrected chi connectivity index (χ0v) is 5.14. The van der Waals surface area contributed by atoms with Gasteiger partial charge in [0.25, 0.3) is 0 Å². The molecule has 0 aliphatic carbocycles. The van der Waals surface area contributed by atoms with Crippen LogP contribution < -0.4 is 0 Å². The number of hydrogen-bond donors (Lipinski definition) is 4. The number of ether oxygens (including phenoxy) is 1. The molecule has 10 heavy (non-hydrogen) atoms. The van der Waals surface area contributed by atoms with Crippen LogP contribution in [0.15, 0.2) is 0 Å². The molecule has 5 heteroatoms. The minimum absolute atomic E-state index is 0.444. The Hall–Kier alpha value is -0.200. The fourth-order valence-electron chi connectivity index (χ4n) is 0.748. The van der Waals surface area contributed by atoms with E-state index in [1.54, 1.807) is 0 Å². The molecule has 4 N–H and O–H groups in total. The van der Waals surface area contributed by atoms with Crippen LogP contribution in [-0.2, 0) is 4.74 Å². The molecule has 1 rings (SSSR count). The highest BCUT2D eigenvalue weighted by molar-refractivity contribution is 4.95. The summed E-state index contributed by atoms with van der Waals surface area (Å²) in [5.41, 5.74) is 0.